The third kappa shape index (κ3) is 2.18. The number of nitrogens with two attached hydrogens (primary N) is 1. The maximum atomic E-state index is 6.13. The first-order valence-corrected chi connectivity index (χ1v) is 6.83. The summed E-state index contributed by atoms with van der Waals surface area (Å²) in [6.07, 6.45) is 2.03. The minimum Gasteiger partial charge on any atom is -0.394 e. The molecular weight excluding hydrogens is 236 g/mol. The summed E-state index contributed by atoms with van der Waals surface area (Å²) < 4.78 is 1.86. The van der Waals surface area contributed by atoms with Gasteiger partial charge in [-0.05, 0) is 18.4 Å². The molecule has 1 aromatic heterocycles. The van der Waals surface area contributed by atoms with Gasteiger partial charge in [-0.1, -0.05) is 37.3 Å². The van der Waals surface area contributed by atoms with Gasteiger partial charge in [0.1, 0.15) is 5.82 Å². The minimum atomic E-state index is 0.477. The third-order valence-corrected chi connectivity index (χ3v) is 3.84. The maximum absolute atomic E-state index is 6.13. The van der Waals surface area contributed by atoms with Crippen molar-refractivity contribution in [1.82, 2.24) is 9.78 Å². The molecule has 100 valence electrons. The van der Waals surface area contributed by atoms with Gasteiger partial charge < -0.3 is 11.1 Å². The van der Waals surface area contributed by atoms with E-state index in [9.17, 15) is 0 Å². The molecule has 0 saturated heterocycles. The monoisotopic (exact) mass is 256 g/mol. The van der Waals surface area contributed by atoms with Crippen LogP contribution >= 0.6 is 0 Å². The highest BCUT2D eigenvalue weighted by Crippen LogP contribution is 2.43. The van der Waals surface area contributed by atoms with E-state index in [1.54, 1.807) is 0 Å². The highest BCUT2D eigenvalue weighted by atomic mass is 15.3. The number of aromatic nitrogens is 2. The van der Waals surface area contributed by atoms with Crippen LogP contribution in [0.1, 0.15) is 30.5 Å². The van der Waals surface area contributed by atoms with Crippen molar-refractivity contribution < 1.29 is 0 Å². The molecule has 0 aliphatic heterocycles. The van der Waals surface area contributed by atoms with Crippen LogP contribution < -0.4 is 11.1 Å². The van der Waals surface area contributed by atoms with Gasteiger partial charge in [-0.25, -0.2) is 0 Å². The maximum Gasteiger partial charge on any atom is 0.148 e. The number of hydrogen-bond acceptors (Lipinski definition) is 3. The first kappa shape index (κ1) is 12.1. The molecule has 2 unspecified atom stereocenters. The highest BCUT2D eigenvalue weighted by Gasteiger charge is 2.39. The Kier molecular flexibility index (Phi) is 2.93. The highest BCUT2D eigenvalue weighted by molar-refractivity contribution is 5.66. The Morgan fingerprint density at radius 2 is 2.11 bits per heavy atom. The van der Waals surface area contributed by atoms with Gasteiger partial charge in [0.25, 0.3) is 0 Å². The predicted octanol–water partition coefficient (Wildman–Crippen LogP) is 2.53. The fourth-order valence-corrected chi connectivity index (χ4v) is 2.63. The van der Waals surface area contributed by atoms with Crippen molar-refractivity contribution in [3.8, 4) is 0 Å². The molecule has 1 aliphatic carbocycles. The lowest BCUT2D eigenvalue weighted by Gasteiger charge is -2.07. The van der Waals surface area contributed by atoms with E-state index < -0.39 is 0 Å². The molecule has 1 aromatic carbocycles. The lowest BCUT2D eigenvalue weighted by Crippen LogP contribution is -2.10. The number of nitrogens with one attached hydrogen (secondary N) is 1. The van der Waals surface area contributed by atoms with E-state index in [1.807, 2.05) is 11.7 Å². The van der Waals surface area contributed by atoms with Crippen LogP contribution in [0.3, 0.4) is 0 Å². The third-order valence-electron chi connectivity index (χ3n) is 3.84. The Labute approximate surface area is 113 Å². The van der Waals surface area contributed by atoms with Gasteiger partial charge >= 0.3 is 0 Å². The van der Waals surface area contributed by atoms with Gasteiger partial charge in [0, 0.05) is 19.0 Å². The number of rotatable bonds is 4. The summed E-state index contributed by atoms with van der Waals surface area (Å²) in [5, 5.41) is 7.97. The molecule has 1 fully saturated rings. The van der Waals surface area contributed by atoms with Crippen LogP contribution in [0.2, 0.25) is 0 Å². The molecule has 2 atom stereocenters. The van der Waals surface area contributed by atoms with Gasteiger partial charge in [-0.3, -0.25) is 4.68 Å². The first-order valence-electron chi connectivity index (χ1n) is 6.83. The molecule has 4 nitrogen and oxygen atoms in total. The zero-order valence-electron chi connectivity index (χ0n) is 11.4. The SMILES string of the molecule is CCc1nn(C)c(NC2CC2c2ccccc2)c1N. The Hall–Kier alpha value is -1.97. The van der Waals surface area contributed by atoms with E-state index in [0.29, 0.717) is 12.0 Å². The van der Waals surface area contributed by atoms with E-state index >= 15 is 0 Å². The van der Waals surface area contributed by atoms with Crippen LogP contribution in [-0.4, -0.2) is 15.8 Å². The number of nitrogen functional groups attached to an aromatic ring is 1. The smallest absolute Gasteiger partial charge is 0.148 e. The van der Waals surface area contributed by atoms with Gasteiger partial charge in [0.05, 0.1) is 11.4 Å². The Morgan fingerprint density at radius 3 is 2.74 bits per heavy atom. The second-order valence-electron chi connectivity index (χ2n) is 5.19. The molecule has 0 spiro atoms. The molecule has 0 bridgehead atoms. The molecule has 1 aliphatic rings. The van der Waals surface area contributed by atoms with E-state index in [-0.39, 0.29) is 0 Å². The van der Waals surface area contributed by atoms with Crippen molar-refractivity contribution in [3.63, 3.8) is 0 Å². The minimum absolute atomic E-state index is 0.477. The largest absolute Gasteiger partial charge is 0.394 e. The summed E-state index contributed by atoms with van der Waals surface area (Å²) in [6, 6.07) is 11.1. The van der Waals surface area contributed by atoms with Crippen molar-refractivity contribution in [2.24, 2.45) is 7.05 Å². The lowest BCUT2D eigenvalue weighted by atomic mass is 10.1. The number of benzene rings is 1. The standard InChI is InChI=1S/C15H20N4/c1-3-12-14(16)15(19(2)18-12)17-13-9-11(13)10-7-5-4-6-8-10/h4-8,11,13,17H,3,9,16H2,1-2H3. The summed E-state index contributed by atoms with van der Waals surface area (Å²) in [7, 11) is 1.94. The van der Waals surface area contributed by atoms with Gasteiger partial charge in [-0.15, -0.1) is 0 Å². The lowest BCUT2D eigenvalue weighted by molar-refractivity contribution is 0.746. The quantitative estimate of drug-likeness (QED) is 0.884. The molecule has 0 amide bonds. The van der Waals surface area contributed by atoms with Crippen LogP contribution in [0.25, 0.3) is 0 Å². The average molecular weight is 256 g/mol. The molecule has 2 aromatic rings. The van der Waals surface area contributed by atoms with Crippen molar-refractivity contribution in [2.75, 3.05) is 11.1 Å². The molecule has 19 heavy (non-hydrogen) atoms. The summed E-state index contributed by atoms with van der Waals surface area (Å²) in [5.74, 6) is 1.56. The Morgan fingerprint density at radius 1 is 1.37 bits per heavy atom. The molecule has 3 N–H and O–H groups in total. The van der Waals surface area contributed by atoms with Gasteiger partial charge in [0.15, 0.2) is 0 Å². The average Bonchev–Trinajstić information content (AvgIpc) is 3.15. The predicted molar refractivity (Wildman–Crippen MR) is 78.2 cm³/mol. The summed E-state index contributed by atoms with van der Waals surface area (Å²) >= 11 is 0. The number of anilines is 2. The summed E-state index contributed by atoms with van der Waals surface area (Å²) in [5.41, 5.74) is 9.30. The van der Waals surface area contributed by atoms with E-state index in [0.717, 1.165) is 30.0 Å². The van der Waals surface area contributed by atoms with Crippen LogP contribution in [0, 0.1) is 0 Å². The van der Waals surface area contributed by atoms with Crippen LogP contribution in [0.5, 0.6) is 0 Å². The molecule has 1 saturated carbocycles. The van der Waals surface area contributed by atoms with Gasteiger partial charge in [-0.2, -0.15) is 5.10 Å². The van der Waals surface area contributed by atoms with Crippen LogP contribution in [0.4, 0.5) is 11.5 Å². The zero-order valence-corrected chi connectivity index (χ0v) is 11.4. The topological polar surface area (TPSA) is 55.9 Å². The molecule has 3 rings (SSSR count). The molecule has 4 heteroatoms. The molecule has 0 radical (unpaired) electrons. The number of aryl methyl sites for hydroxylation is 2. The second-order valence-corrected chi connectivity index (χ2v) is 5.19. The van der Waals surface area contributed by atoms with Gasteiger partial charge in [0.2, 0.25) is 0 Å². The molecular formula is C15H20N4. The van der Waals surface area contributed by atoms with Crippen molar-refractivity contribution in [3.05, 3.63) is 41.6 Å². The second kappa shape index (κ2) is 4.61. The zero-order chi connectivity index (χ0) is 13.4. The van der Waals surface area contributed by atoms with E-state index in [2.05, 4.69) is 47.7 Å². The summed E-state index contributed by atoms with van der Waals surface area (Å²) in [6.45, 7) is 2.08. The Balaban J connectivity index is 1.73. The normalized spacial score (nSPS) is 21.4. The fraction of sp³-hybridized carbons (Fsp3) is 0.400. The molecule has 1 heterocycles. The Bertz CT molecular complexity index is 573. The number of nitrogens with zero attached hydrogens (tertiary/aromatic N) is 2. The van der Waals surface area contributed by atoms with E-state index in [1.165, 1.54) is 5.56 Å². The summed E-state index contributed by atoms with van der Waals surface area (Å²) in [4.78, 5) is 0. The van der Waals surface area contributed by atoms with Crippen LogP contribution in [-0.2, 0) is 13.5 Å². The van der Waals surface area contributed by atoms with Crippen LogP contribution in [0.15, 0.2) is 30.3 Å². The van der Waals surface area contributed by atoms with E-state index in [4.69, 9.17) is 5.73 Å². The van der Waals surface area contributed by atoms with Crippen molar-refractivity contribution >= 4 is 11.5 Å². The fourth-order valence-electron chi connectivity index (χ4n) is 2.63. The van der Waals surface area contributed by atoms with Crippen molar-refractivity contribution in [2.45, 2.75) is 31.7 Å². The number of hydrogen-bond donors (Lipinski definition) is 2. The van der Waals surface area contributed by atoms with Crippen molar-refractivity contribution in [1.29, 1.82) is 0 Å². The first-order chi connectivity index (χ1) is 9.20.